The van der Waals surface area contributed by atoms with Crippen LogP contribution < -0.4 is 5.32 Å². The maximum absolute atomic E-state index is 13.0. The van der Waals surface area contributed by atoms with Crippen LogP contribution in [0.1, 0.15) is 24.4 Å². The van der Waals surface area contributed by atoms with Gasteiger partial charge >= 0.3 is 0 Å². The average Bonchev–Trinajstić information content (AvgIpc) is 3.22. The lowest BCUT2D eigenvalue weighted by Crippen LogP contribution is -2.13. The van der Waals surface area contributed by atoms with Gasteiger partial charge in [0.25, 0.3) is 0 Å². The largest absolute Gasteiger partial charge is 0.378 e. The number of hydrogen-bond donors (Lipinski definition) is 1. The topological polar surface area (TPSA) is 24.9 Å². The molecular weight excluding hydrogens is 263 g/mol. The van der Waals surface area contributed by atoms with Crippen LogP contribution in [-0.2, 0) is 0 Å². The van der Waals surface area contributed by atoms with Crippen molar-refractivity contribution in [3.63, 3.8) is 0 Å². The van der Waals surface area contributed by atoms with Crippen molar-refractivity contribution < 1.29 is 4.39 Å². The standard InChI is InChI=1S/C15H14ClFN2/c16-14-9-13(7-8-18-14)19-15(10-1-2-10)11-3-5-12(17)6-4-11/h3-10,15H,1-2H2,(H,18,19). The quantitative estimate of drug-likeness (QED) is 0.835. The lowest BCUT2D eigenvalue weighted by molar-refractivity contribution is 0.622. The van der Waals surface area contributed by atoms with Crippen LogP contribution in [0.5, 0.6) is 0 Å². The predicted octanol–water partition coefficient (Wildman–Crippen LogP) is 4.44. The molecule has 1 aliphatic carbocycles. The van der Waals surface area contributed by atoms with E-state index in [1.165, 1.54) is 25.0 Å². The number of nitrogens with one attached hydrogen (secondary N) is 1. The zero-order valence-electron chi connectivity index (χ0n) is 10.3. The van der Waals surface area contributed by atoms with Crippen LogP contribution in [0.2, 0.25) is 5.15 Å². The molecule has 0 aliphatic heterocycles. The van der Waals surface area contributed by atoms with Gasteiger partial charge in [-0.3, -0.25) is 0 Å². The number of benzene rings is 1. The van der Waals surface area contributed by atoms with Crippen molar-refractivity contribution in [3.05, 3.63) is 59.1 Å². The van der Waals surface area contributed by atoms with Crippen molar-refractivity contribution in [1.29, 1.82) is 0 Å². The smallest absolute Gasteiger partial charge is 0.131 e. The highest BCUT2D eigenvalue weighted by Crippen LogP contribution is 2.42. The van der Waals surface area contributed by atoms with Crippen molar-refractivity contribution >= 4 is 17.3 Å². The minimum atomic E-state index is -0.203. The van der Waals surface area contributed by atoms with Gasteiger partial charge in [0.2, 0.25) is 0 Å². The van der Waals surface area contributed by atoms with Crippen molar-refractivity contribution in [1.82, 2.24) is 4.98 Å². The molecule has 0 radical (unpaired) electrons. The van der Waals surface area contributed by atoms with Gasteiger partial charge in [-0.2, -0.15) is 0 Å². The number of aromatic nitrogens is 1. The van der Waals surface area contributed by atoms with Gasteiger partial charge in [0.05, 0.1) is 6.04 Å². The Bertz CT molecular complexity index is 567. The number of halogens is 2. The van der Waals surface area contributed by atoms with Gasteiger partial charge in [-0.25, -0.2) is 9.37 Å². The summed E-state index contributed by atoms with van der Waals surface area (Å²) in [5.74, 6) is 0.405. The van der Waals surface area contributed by atoms with E-state index in [9.17, 15) is 4.39 Å². The molecule has 1 aliphatic rings. The van der Waals surface area contributed by atoms with Crippen LogP contribution in [0, 0.1) is 11.7 Å². The summed E-state index contributed by atoms with van der Waals surface area (Å²) in [6, 6.07) is 10.6. The van der Waals surface area contributed by atoms with Gasteiger partial charge in [0, 0.05) is 11.9 Å². The molecule has 1 aromatic heterocycles. The molecule has 1 unspecified atom stereocenters. The Kier molecular flexibility index (Phi) is 3.38. The third-order valence-corrected chi connectivity index (χ3v) is 3.58. The molecule has 2 aromatic rings. The van der Waals surface area contributed by atoms with Crippen LogP contribution in [0.3, 0.4) is 0 Å². The van der Waals surface area contributed by atoms with Gasteiger partial charge in [-0.05, 0) is 48.6 Å². The Morgan fingerprint density at radius 2 is 1.95 bits per heavy atom. The summed E-state index contributed by atoms with van der Waals surface area (Å²) in [5.41, 5.74) is 2.05. The first-order valence-electron chi connectivity index (χ1n) is 6.36. The van der Waals surface area contributed by atoms with Crippen molar-refractivity contribution in [2.75, 3.05) is 5.32 Å². The summed E-state index contributed by atoms with van der Waals surface area (Å²) in [6.45, 7) is 0. The van der Waals surface area contributed by atoms with E-state index in [-0.39, 0.29) is 11.9 Å². The Balaban J connectivity index is 1.83. The van der Waals surface area contributed by atoms with E-state index in [0.29, 0.717) is 11.1 Å². The molecule has 0 amide bonds. The van der Waals surface area contributed by atoms with Gasteiger partial charge in [-0.1, -0.05) is 23.7 Å². The summed E-state index contributed by atoms with van der Waals surface area (Å²) >= 11 is 5.89. The second-order valence-electron chi connectivity index (χ2n) is 4.88. The highest BCUT2D eigenvalue weighted by Gasteiger charge is 2.32. The first-order chi connectivity index (χ1) is 9.22. The van der Waals surface area contributed by atoms with Crippen molar-refractivity contribution in [3.8, 4) is 0 Å². The highest BCUT2D eigenvalue weighted by molar-refractivity contribution is 6.29. The van der Waals surface area contributed by atoms with E-state index in [2.05, 4.69) is 10.3 Å². The fourth-order valence-electron chi connectivity index (χ4n) is 2.24. The van der Waals surface area contributed by atoms with Gasteiger partial charge in [0.15, 0.2) is 0 Å². The van der Waals surface area contributed by atoms with Crippen LogP contribution in [0.4, 0.5) is 10.1 Å². The molecule has 19 heavy (non-hydrogen) atoms. The predicted molar refractivity (Wildman–Crippen MR) is 74.7 cm³/mol. The summed E-state index contributed by atoms with van der Waals surface area (Å²) in [4.78, 5) is 3.97. The lowest BCUT2D eigenvalue weighted by Gasteiger charge is -2.20. The highest BCUT2D eigenvalue weighted by atomic mass is 35.5. The minimum absolute atomic E-state index is 0.203. The fourth-order valence-corrected chi connectivity index (χ4v) is 2.42. The molecule has 98 valence electrons. The molecule has 1 saturated carbocycles. The molecule has 1 aromatic carbocycles. The maximum Gasteiger partial charge on any atom is 0.131 e. The molecule has 4 heteroatoms. The molecular formula is C15H14ClFN2. The fraction of sp³-hybridized carbons (Fsp3) is 0.267. The van der Waals surface area contributed by atoms with Crippen molar-refractivity contribution in [2.45, 2.75) is 18.9 Å². The number of rotatable bonds is 4. The molecule has 1 heterocycles. The normalized spacial score (nSPS) is 16.1. The molecule has 2 nitrogen and oxygen atoms in total. The van der Waals surface area contributed by atoms with Gasteiger partial charge in [0.1, 0.15) is 11.0 Å². The maximum atomic E-state index is 13.0. The first-order valence-corrected chi connectivity index (χ1v) is 6.74. The average molecular weight is 277 g/mol. The summed E-state index contributed by atoms with van der Waals surface area (Å²) in [6.07, 6.45) is 4.08. The minimum Gasteiger partial charge on any atom is -0.378 e. The molecule has 3 rings (SSSR count). The van der Waals surface area contributed by atoms with Crippen LogP contribution in [-0.4, -0.2) is 4.98 Å². The Morgan fingerprint density at radius 1 is 1.21 bits per heavy atom. The summed E-state index contributed by atoms with van der Waals surface area (Å²) < 4.78 is 13.0. The van der Waals surface area contributed by atoms with E-state index in [1.54, 1.807) is 12.3 Å². The zero-order valence-corrected chi connectivity index (χ0v) is 11.1. The Labute approximate surface area is 116 Å². The lowest BCUT2D eigenvalue weighted by atomic mass is 10.0. The van der Waals surface area contributed by atoms with Gasteiger partial charge < -0.3 is 5.32 Å². The van der Waals surface area contributed by atoms with Crippen LogP contribution in [0.25, 0.3) is 0 Å². The number of anilines is 1. The van der Waals surface area contributed by atoms with E-state index in [4.69, 9.17) is 11.6 Å². The molecule has 1 fully saturated rings. The third kappa shape index (κ3) is 3.04. The number of hydrogen-bond acceptors (Lipinski definition) is 2. The van der Waals surface area contributed by atoms with Gasteiger partial charge in [-0.15, -0.1) is 0 Å². The van der Waals surface area contributed by atoms with Crippen LogP contribution in [0.15, 0.2) is 42.6 Å². The Morgan fingerprint density at radius 3 is 2.58 bits per heavy atom. The van der Waals surface area contributed by atoms with Crippen molar-refractivity contribution in [2.24, 2.45) is 5.92 Å². The third-order valence-electron chi connectivity index (χ3n) is 3.37. The summed E-state index contributed by atoms with van der Waals surface area (Å²) in [5, 5.41) is 3.94. The zero-order chi connectivity index (χ0) is 13.2. The second-order valence-corrected chi connectivity index (χ2v) is 5.27. The van der Waals surface area contributed by atoms with E-state index in [1.807, 2.05) is 18.2 Å². The van der Waals surface area contributed by atoms with E-state index < -0.39 is 0 Å². The summed E-state index contributed by atoms with van der Waals surface area (Å²) in [7, 11) is 0. The van der Waals surface area contributed by atoms with Crippen LogP contribution >= 0.6 is 11.6 Å². The molecule has 0 spiro atoms. The monoisotopic (exact) mass is 276 g/mol. The molecule has 0 saturated heterocycles. The first kappa shape index (κ1) is 12.4. The van der Waals surface area contributed by atoms with E-state index in [0.717, 1.165) is 11.3 Å². The number of nitrogens with zero attached hydrogens (tertiary/aromatic N) is 1. The van der Waals surface area contributed by atoms with E-state index >= 15 is 0 Å². The molecule has 0 bridgehead atoms. The second kappa shape index (κ2) is 5.17. The Hall–Kier alpha value is -1.61. The number of pyridine rings is 1. The molecule has 1 atom stereocenters. The molecule has 1 N–H and O–H groups in total. The SMILES string of the molecule is Fc1ccc(C(Nc2ccnc(Cl)c2)C2CC2)cc1.